The lowest BCUT2D eigenvalue weighted by Gasteiger charge is -1.98. The maximum Gasteiger partial charge on any atom is 0.190 e. The quantitative estimate of drug-likeness (QED) is 0.348. The summed E-state index contributed by atoms with van der Waals surface area (Å²) in [5.74, 6) is 0.801. The molecule has 0 amide bonds. The van der Waals surface area contributed by atoms with Gasteiger partial charge in [0.25, 0.3) is 0 Å². The Hall–Kier alpha value is -0.580. The molecule has 0 aromatic carbocycles. The first-order valence-electron chi connectivity index (χ1n) is 5.44. The zero-order chi connectivity index (χ0) is 12.3. The Morgan fingerprint density at radius 2 is 2.35 bits per heavy atom. The smallest absolute Gasteiger partial charge is 0.190 e. The molecule has 0 N–H and O–H groups in total. The van der Waals surface area contributed by atoms with E-state index >= 15 is 0 Å². The number of hydrogen-bond acceptors (Lipinski definition) is 4. The minimum Gasteiger partial charge on any atom is -0.211 e. The maximum absolute atomic E-state index is 6.17. The topological polar surface area (TPSA) is 25.8 Å². The van der Waals surface area contributed by atoms with Crippen LogP contribution in [0.4, 0.5) is 0 Å². The maximum atomic E-state index is 6.17. The summed E-state index contributed by atoms with van der Waals surface area (Å²) >= 11 is 9.43. The number of thioether (sulfide) groups is 1. The molecule has 2 aromatic heterocycles. The van der Waals surface area contributed by atoms with Gasteiger partial charge >= 0.3 is 0 Å². The van der Waals surface area contributed by atoms with Gasteiger partial charge in [0, 0.05) is 16.0 Å². The Morgan fingerprint density at radius 1 is 1.53 bits per heavy atom. The van der Waals surface area contributed by atoms with Gasteiger partial charge in [-0.25, -0.2) is 9.97 Å². The van der Waals surface area contributed by atoms with Gasteiger partial charge in [0.15, 0.2) is 5.16 Å². The molecule has 0 saturated carbocycles. The van der Waals surface area contributed by atoms with Crippen molar-refractivity contribution in [1.29, 1.82) is 0 Å². The van der Waals surface area contributed by atoms with E-state index in [0.717, 1.165) is 34.0 Å². The lowest BCUT2D eigenvalue weighted by molar-refractivity contribution is 0.940. The van der Waals surface area contributed by atoms with Gasteiger partial charge in [0.05, 0.1) is 0 Å². The molecule has 0 fully saturated rings. The van der Waals surface area contributed by atoms with Gasteiger partial charge in [-0.05, 0) is 12.5 Å². The second-order valence-corrected chi connectivity index (χ2v) is 6.04. The average Bonchev–Trinajstić information content (AvgIpc) is 2.70. The first kappa shape index (κ1) is 12.9. The fraction of sp³-hybridized carbons (Fsp3) is 0.333. The van der Waals surface area contributed by atoms with Gasteiger partial charge < -0.3 is 0 Å². The van der Waals surface area contributed by atoms with Crippen LogP contribution in [0.5, 0.6) is 0 Å². The standard InChI is InChI=1S/C12H13ClN2S2/c1-3-5-8-7-9-10(13)14-12(16-6-4-2)15-11(9)17-8/h4,7H,2-3,5-6H2,1H3. The van der Waals surface area contributed by atoms with E-state index in [-0.39, 0.29) is 0 Å². The fourth-order valence-corrected chi connectivity index (χ4v) is 3.58. The van der Waals surface area contributed by atoms with Gasteiger partial charge in [0.2, 0.25) is 0 Å². The van der Waals surface area contributed by atoms with E-state index in [0.29, 0.717) is 5.15 Å². The second-order valence-electron chi connectivity index (χ2n) is 3.58. The van der Waals surface area contributed by atoms with E-state index < -0.39 is 0 Å². The highest BCUT2D eigenvalue weighted by atomic mass is 35.5. The van der Waals surface area contributed by atoms with Crippen molar-refractivity contribution in [3.05, 3.63) is 28.8 Å². The van der Waals surface area contributed by atoms with Crippen LogP contribution in [-0.2, 0) is 6.42 Å². The predicted molar refractivity (Wildman–Crippen MR) is 77.3 cm³/mol. The molecular formula is C12H13ClN2S2. The Morgan fingerprint density at radius 3 is 3.06 bits per heavy atom. The van der Waals surface area contributed by atoms with Crippen LogP contribution >= 0.6 is 34.7 Å². The summed E-state index contributed by atoms with van der Waals surface area (Å²) in [5.41, 5.74) is 0. The van der Waals surface area contributed by atoms with Crippen molar-refractivity contribution in [2.24, 2.45) is 0 Å². The van der Waals surface area contributed by atoms with Crippen molar-refractivity contribution in [1.82, 2.24) is 9.97 Å². The second kappa shape index (κ2) is 5.85. The molecule has 17 heavy (non-hydrogen) atoms. The highest BCUT2D eigenvalue weighted by molar-refractivity contribution is 7.99. The Labute approximate surface area is 114 Å². The minimum atomic E-state index is 0.556. The van der Waals surface area contributed by atoms with E-state index in [2.05, 4.69) is 29.5 Å². The van der Waals surface area contributed by atoms with Crippen LogP contribution in [0.1, 0.15) is 18.2 Å². The molecule has 5 heteroatoms. The molecule has 90 valence electrons. The SMILES string of the molecule is C=CCSc1nc(Cl)c2cc(CCC)sc2n1. The number of hydrogen-bond donors (Lipinski definition) is 0. The van der Waals surface area contributed by atoms with Crippen molar-refractivity contribution in [3.8, 4) is 0 Å². The monoisotopic (exact) mass is 284 g/mol. The Balaban J connectivity index is 2.38. The van der Waals surface area contributed by atoms with Gasteiger partial charge in [-0.2, -0.15) is 0 Å². The summed E-state index contributed by atoms with van der Waals surface area (Å²) in [4.78, 5) is 11.1. The molecule has 2 aromatic rings. The van der Waals surface area contributed by atoms with Crippen LogP contribution in [0.25, 0.3) is 10.2 Å². The van der Waals surface area contributed by atoms with Gasteiger partial charge in [-0.1, -0.05) is 42.8 Å². The summed E-state index contributed by atoms with van der Waals surface area (Å²) in [6.07, 6.45) is 4.05. The zero-order valence-corrected chi connectivity index (χ0v) is 12.0. The number of nitrogens with zero attached hydrogens (tertiary/aromatic N) is 2. The van der Waals surface area contributed by atoms with Crippen LogP contribution in [0, 0.1) is 0 Å². The number of aryl methyl sites for hydroxylation is 1. The summed E-state index contributed by atoms with van der Waals surface area (Å²) in [6, 6.07) is 2.10. The summed E-state index contributed by atoms with van der Waals surface area (Å²) in [5, 5.41) is 2.26. The largest absolute Gasteiger partial charge is 0.211 e. The highest BCUT2D eigenvalue weighted by Crippen LogP contribution is 2.31. The van der Waals surface area contributed by atoms with Crippen LogP contribution in [0.15, 0.2) is 23.9 Å². The number of thiophene rings is 1. The summed E-state index contributed by atoms with van der Waals surface area (Å²) in [7, 11) is 0. The van der Waals surface area contributed by atoms with Crippen LogP contribution in [-0.4, -0.2) is 15.7 Å². The van der Waals surface area contributed by atoms with Crippen LogP contribution in [0.2, 0.25) is 5.15 Å². The first-order chi connectivity index (χ1) is 8.24. The van der Waals surface area contributed by atoms with Gasteiger partial charge in [-0.3, -0.25) is 0 Å². The summed E-state index contributed by atoms with van der Waals surface area (Å²) in [6.45, 7) is 5.85. The van der Waals surface area contributed by atoms with E-state index in [1.807, 2.05) is 6.08 Å². The minimum absolute atomic E-state index is 0.556. The molecule has 0 bridgehead atoms. The normalized spacial score (nSPS) is 10.9. The van der Waals surface area contributed by atoms with E-state index in [9.17, 15) is 0 Å². The molecule has 0 spiro atoms. The van der Waals surface area contributed by atoms with Crippen molar-refractivity contribution < 1.29 is 0 Å². The van der Waals surface area contributed by atoms with Crippen LogP contribution < -0.4 is 0 Å². The van der Waals surface area contributed by atoms with Crippen LogP contribution in [0.3, 0.4) is 0 Å². The number of rotatable bonds is 5. The van der Waals surface area contributed by atoms with Crippen molar-refractivity contribution in [2.45, 2.75) is 24.9 Å². The molecule has 2 heterocycles. The predicted octanol–water partition coefficient (Wildman–Crippen LogP) is 4.58. The molecular weight excluding hydrogens is 272 g/mol. The van der Waals surface area contributed by atoms with Crippen molar-refractivity contribution in [3.63, 3.8) is 0 Å². The molecule has 0 saturated heterocycles. The Bertz CT molecular complexity index is 537. The molecule has 2 nitrogen and oxygen atoms in total. The van der Waals surface area contributed by atoms with Gasteiger partial charge in [-0.15, -0.1) is 17.9 Å². The molecule has 0 atom stereocenters. The number of aromatic nitrogens is 2. The van der Waals surface area contributed by atoms with Crippen molar-refractivity contribution in [2.75, 3.05) is 5.75 Å². The molecule has 0 aliphatic rings. The molecule has 2 rings (SSSR count). The number of halogens is 1. The van der Waals surface area contributed by atoms with Gasteiger partial charge in [0.1, 0.15) is 9.98 Å². The third kappa shape index (κ3) is 3.00. The van der Waals surface area contributed by atoms with E-state index in [1.54, 1.807) is 23.1 Å². The number of fused-ring (bicyclic) bond motifs is 1. The molecule has 0 aliphatic carbocycles. The summed E-state index contributed by atoms with van der Waals surface area (Å²) < 4.78 is 0. The lowest BCUT2D eigenvalue weighted by Crippen LogP contribution is -1.87. The molecule has 0 radical (unpaired) electrons. The fourth-order valence-electron chi connectivity index (χ4n) is 1.49. The highest BCUT2D eigenvalue weighted by Gasteiger charge is 2.10. The zero-order valence-electron chi connectivity index (χ0n) is 9.57. The lowest BCUT2D eigenvalue weighted by atomic mass is 10.3. The first-order valence-corrected chi connectivity index (χ1v) is 7.62. The van der Waals surface area contributed by atoms with E-state index in [4.69, 9.17) is 11.6 Å². The third-order valence-electron chi connectivity index (χ3n) is 2.20. The van der Waals surface area contributed by atoms with E-state index in [1.165, 1.54) is 4.88 Å². The average molecular weight is 285 g/mol. The third-order valence-corrected chi connectivity index (χ3v) is 4.42. The molecule has 0 unspecified atom stereocenters. The Kier molecular flexibility index (Phi) is 4.42. The molecule has 0 aliphatic heterocycles. The van der Waals surface area contributed by atoms with Crippen molar-refractivity contribution >= 4 is 44.9 Å².